The zero-order valence-electron chi connectivity index (χ0n) is 11.8. The van der Waals surface area contributed by atoms with E-state index in [0.29, 0.717) is 12.2 Å². The van der Waals surface area contributed by atoms with Crippen LogP contribution in [0.1, 0.15) is 52.9 Å². The Kier molecular flexibility index (Phi) is 9.31. The summed E-state index contributed by atoms with van der Waals surface area (Å²) in [7, 11) is 0. The molecule has 0 aliphatic heterocycles. The Labute approximate surface area is 117 Å². The highest BCUT2D eigenvalue weighted by Crippen LogP contribution is 2.25. The molecule has 0 radical (unpaired) electrons. The van der Waals surface area contributed by atoms with Crippen LogP contribution in [0.5, 0.6) is 0 Å². The molecule has 6 heteroatoms. The SMILES string of the molecule is CCCCC(SCCCC(F)(F)F)C(=O)OC(C)C. The van der Waals surface area contributed by atoms with Crippen LogP contribution in [0.3, 0.4) is 0 Å². The molecule has 0 aromatic rings. The van der Waals surface area contributed by atoms with Crippen LogP contribution >= 0.6 is 11.8 Å². The van der Waals surface area contributed by atoms with E-state index in [0.717, 1.165) is 12.8 Å². The molecule has 1 unspecified atom stereocenters. The zero-order chi connectivity index (χ0) is 14.9. The van der Waals surface area contributed by atoms with E-state index in [2.05, 4.69) is 0 Å². The molecule has 114 valence electrons. The summed E-state index contributed by atoms with van der Waals surface area (Å²) in [6, 6.07) is 0. The normalized spacial score (nSPS) is 13.6. The van der Waals surface area contributed by atoms with Gasteiger partial charge in [-0.25, -0.2) is 0 Å². The van der Waals surface area contributed by atoms with Crippen LogP contribution in [0.4, 0.5) is 13.2 Å². The van der Waals surface area contributed by atoms with Crippen molar-refractivity contribution in [1.29, 1.82) is 0 Å². The van der Waals surface area contributed by atoms with Gasteiger partial charge in [0.1, 0.15) is 5.25 Å². The fraction of sp³-hybridized carbons (Fsp3) is 0.923. The summed E-state index contributed by atoms with van der Waals surface area (Å²) >= 11 is 1.28. The lowest BCUT2D eigenvalue weighted by Crippen LogP contribution is -2.24. The number of alkyl halides is 3. The number of carbonyl (C=O) groups excluding carboxylic acids is 1. The van der Waals surface area contributed by atoms with Crippen molar-refractivity contribution in [3.05, 3.63) is 0 Å². The first-order chi connectivity index (χ1) is 8.76. The van der Waals surface area contributed by atoms with Crippen LogP contribution in [0.25, 0.3) is 0 Å². The number of carbonyl (C=O) groups is 1. The van der Waals surface area contributed by atoms with E-state index in [1.165, 1.54) is 11.8 Å². The molecule has 0 heterocycles. The van der Waals surface area contributed by atoms with E-state index in [-0.39, 0.29) is 23.7 Å². The summed E-state index contributed by atoms with van der Waals surface area (Å²) in [4.78, 5) is 11.8. The van der Waals surface area contributed by atoms with Crippen molar-refractivity contribution < 1.29 is 22.7 Å². The van der Waals surface area contributed by atoms with E-state index < -0.39 is 12.6 Å². The second-order valence-electron chi connectivity index (χ2n) is 4.71. The predicted octanol–water partition coefficient (Wildman–Crippen LogP) is 4.57. The third-order valence-electron chi connectivity index (χ3n) is 2.36. The second-order valence-corrected chi connectivity index (χ2v) is 6.02. The molecule has 1 atom stereocenters. The number of hydrogen-bond acceptors (Lipinski definition) is 3. The molecule has 2 nitrogen and oxygen atoms in total. The molecule has 0 amide bonds. The number of halogens is 3. The van der Waals surface area contributed by atoms with Crippen LogP contribution < -0.4 is 0 Å². The van der Waals surface area contributed by atoms with Gasteiger partial charge in [-0.05, 0) is 32.4 Å². The van der Waals surface area contributed by atoms with Crippen molar-refractivity contribution in [2.24, 2.45) is 0 Å². The molecule has 0 aromatic carbocycles. The Bertz CT molecular complexity index is 255. The van der Waals surface area contributed by atoms with Crippen molar-refractivity contribution in [2.75, 3.05) is 5.75 Å². The standard InChI is InChI=1S/C13H23F3O2S/c1-4-5-7-11(12(17)18-10(2)3)19-9-6-8-13(14,15)16/h10-11H,4-9H2,1-3H3. The Hall–Kier alpha value is -0.390. The summed E-state index contributed by atoms with van der Waals surface area (Å²) in [5, 5.41) is -0.337. The summed E-state index contributed by atoms with van der Waals surface area (Å²) < 4.78 is 41.2. The zero-order valence-corrected chi connectivity index (χ0v) is 12.6. The topological polar surface area (TPSA) is 26.3 Å². The van der Waals surface area contributed by atoms with Gasteiger partial charge in [0.25, 0.3) is 0 Å². The minimum absolute atomic E-state index is 0.0474. The van der Waals surface area contributed by atoms with Crippen molar-refractivity contribution in [2.45, 2.75) is 70.4 Å². The Morgan fingerprint density at radius 1 is 1.26 bits per heavy atom. The molecule has 0 saturated heterocycles. The van der Waals surface area contributed by atoms with Crippen LogP contribution in [-0.2, 0) is 9.53 Å². The van der Waals surface area contributed by atoms with E-state index in [9.17, 15) is 18.0 Å². The fourth-order valence-electron chi connectivity index (χ4n) is 1.47. The maximum atomic E-state index is 12.0. The number of hydrogen-bond donors (Lipinski definition) is 0. The average molecular weight is 300 g/mol. The summed E-state index contributed by atoms with van der Waals surface area (Å²) in [5.41, 5.74) is 0. The van der Waals surface area contributed by atoms with Crippen molar-refractivity contribution in [3.63, 3.8) is 0 Å². The predicted molar refractivity (Wildman–Crippen MR) is 72.3 cm³/mol. The number of thioether (sulfide) groups is 1. The summed E-state index contributed by atoms with van der Waals surface area (Å²) in [5.74, 6) is 0.0293. The van der Waals surface area contributed by atoms with Gasteiger partial charge in [0, 0.05) is 6.42 Å². The first-order valence-corrected chi connectivity index (χ1v) is 7.70. The van der Waals surface area contributed by atoms with Gasteiger partial charge in [-0.3, -0.25) is 4.79 Å². The van der Waals surface area contributed by atoms with Crippen molar-refractivity contribution >= 4 is 17.7 Å². The fourth-order valence-corrected chi connectivity index (χ4v) is 2.59. The maximum absolute atomic E-state index is 12.0. The monoisotopic (exact) mass is 300 g/mol. The first-order valence-electron chi connectivity index (χ1n) is 6.65. The van der Waals surface area contributed by atoms with E-state index in [4.69, 9.17) is 4.74 Å². The molecule has 0 saturated carbocycles. The number of unbranched alkanes of at least 4 members (excludes halogenated alkanes) is 1. The van der Waals surface area contributed by atoms with Gasteiger partial charge in [0.05, 0.1) is 6.10 Å². The van der Waals surface area contributed by atoms with E-state index >= 15 is 0 Å². The van der Waals surface area contributed by atoms with Crippen LogP contribution in [0.15, 0.2) is 0 Å². The molecular formula is C13H23F3O2S. The third kappa shape index (κ3) is 11.2. The molecule has 0 spiro atoms. The Morgan fingerprint density at radius 3 is 2.37 bits per heavy atom. The molecular weight excluding hydrogens is 277 g/mol. The summed E-state index contributed by atoms with van der Waals surface area (Å²) in [6.07, 6.45) is -2.55. The van der Waals surface area contributed by atoms with E-state index in [1.807, 2.05) is 6.92 Å². The van der Waals surface area contributed by atoms with Gasteiger partial charge in [0.2, 0.25) is 0 Å². The van der Waals surface area contributed by atoms with Crippen molar-refractivity contribution in [1.82, 2.24) is 0 Å². The lowest BCUT2D eigenvalue weighted by atomic mass is 10.2. The van der Waals surface area contributed by atoms with Gasteiger partial charge in [-0.2, -0.15) is 13.2 Å². The molecule has 0 aliphatic carbocycles. The van der Waals surface area contributed by atoms with Gasteiger partial charge >= 0.3 is 12.1 Å². The molecule has 0 fully saturated rings. The average Bonchev–Trinajstić information content (AvgIpc) is 2.25. The quantitative estimate of drug-likeness (QED) is 0.461. The first kappa shape index (κ1) is 18.6. The van der Waals surface area contributed by atoms with Crippen molar-refractivity contribution in [3.8, 4) is 0 Å². The van der Waals surface area contributed by atoms with Gasteiger partial charge in [-0.1, -0.05) is 19.8 Å². The molecule has 0 bridgehead atoms. The Balaban J connectivity index is 4.09. The smallest absolute Gasteiger partial charge is 0.389 e. The molecule has 0 aliphatic rings. The highest BCUT2D eigenvalue weighted by atomic mass is 32.2. The van der Waals surface area contributed by atoms with E-state index in [1.54, 1.807) is 13.8 Å². The highest BCUT2D eigenvalue weighted by Gasteiger charge is 2.27. The maximum Gasteiger partial charge on any atom is 0.389 e. The molecule has 0 rings (SSSR count). The highest BCUT2D eigenvalue weighted by molar-refractivity contribution is 8.00. The largest absolute Gasteiger partial charge is 0.462 e. The molecule has 0 N–H and O–H groups in total. The van der Waals surface area contributed by atoms with Gasteiger partial charge in [-0.15, -0.1) is 11.8 Å². The molecule has 19 heavy (non-hydrogen) atoms. The van der Waals surface area contributed by atoms with Gasteiger partial charge < -0.3 is 4.74 Å². The Morgan fingerprint density at radius 2 is 1.89 bits per heavy atom. The minimum atomic E-state index is -4.11. The second kappa shape index (κ2) is 9.50. The van der Waals surface area contributed by atoms with Crippen LogP contribution in [-0.4, -0.2) is 29.3 Å². The van der Waals surface area contributed by atoms with Crippen LogP contribution in [0, 0.1) is 0 Å². The number of esters is 1. The van der Waals surface area contributed by atoms with Gasteiger partial charge in [0.15, 0.2) is 0 Å². The minimum Gasteiger partial charge on any atom is -0.462 e. The van der Waals surface area contributed by atoms with Crippen LogP contribution in [0.2, 0.25) is 0 Å². The number of rotatable bonds is 9. The lowest BCUT2D eigenvalue weighted by molar-refractivity contribution is -0.146. The lowest BCUT2D eigenvalue weighted by Gasteiger charge is -2.17. The summed E-state index contributed by atoms with van der Waals surface area (Å²) in [6.45, 7) is 5.55. The molecule has 0 aromatic heterocycles. The number of ether oxygens (including phenoxy) is 1. The third-order valence-corrected chi connectivity index (χ3v) is 3.71.